The standard InChI is InChI=1S/C15H24N2O2S/c1-4-15(14(18)19,17-12(2)3)8-5-11-20-13-6-9-16-10-7-13/h6-7,9-10,12,17H,4-5,8,11H2,1-3H3,(H,18,19). The van der Waals surface area contributed by atoms with Gasteiger partial charge in [-0.25, -0.2) is 0 Å². The lowest BCUT2D eigenvalue weighted by Crippen LogP contribution is -2.54. The van der Waals surface area contributed by atoms with Crippen molar-refractivity contribution in [2.75, 3.05) is 5.75 Å². The molecule has 0 aliphatic carbocycles. The Bertz CT molecular complexity index is 412. The van der Waals surface area contributed by atoms with Gasteiger partial charge in [-0.2, -0.15) is 0 Å². The van der Waals surface area contributed by atoms with E-state index in [0.29, 0.717) is 12.8 Å². The SMILES string of the molecule is CCC(CCCSc1ccncc1)(NC(C)C)C(=O)O. The minimum absolute atomic E-state index is 0.166. The van der Waals surface area contributed by atoms with E-state index in [1.54, 1.807) is 24.2 Å². The number of carbonyl (C=O) groups is 1. The molecule has 0 amide bonds. The topological polar surface area (TPSA) is 62.2 Å². The van der Waals surface area contributed by atoms with Crippen LogP contribution in [0, 0.1) is 0 Å². The second kappa shape index (κ2) is 8.27. The zero-order valence-electron chi connectivity index (χ0n) is 12.4. The molecule has 1 aromatic heterocycles. The monoisotopic (exact) mass is 296 g/mol. The van der Waals surface area contributed by atoms with E-state index < -0.39 is 11.5 Å². The van der Waals surface area contributed by atoms with Crippen molar-refractivity contribution in [3.05, 3.63) is 24.5 Å². The second-order valence-corrected chi connectivity index (χ2v) is 6.34. The van der Waals surface area contributed by atoms with Gasteiger partial charge in [-0.15, -0.1) is 11.8 Å². The number of aromatic nitrogens is 1. The molecule has 0 aromatic carbocycles. The molecule has 1 rings (SSSR count). The van der Waals surface area contributed by atoms with Crippen molar-refractivity contribution in [2.45, 2.75) is 56.5 Å². The van der Waals surface area contributed by atoms with Crippen LogP contribution in [0.4, 0.5) is 0 Å². The molecule has 0 aliphatic heterocycles. The van der Waals surface area contributed by atoms with Crippen LogP contribution in [0.3, 0.4) is 0 Å². The van der Waals surface area contributed by atoms with Gasteiger partial charge in [0, 0.05) is 23.3 Å². The fourth-order valence-electron chi connectivity index (χ4n) is 2.22. The molecule has 0 fully saturated rings. The molecule has 112 valence electrons. The van der Waals surface area contributed by atoms with E-state index in [0.717, 1.165) is 12.2 Å². The van der Waals surface area contributed by atoms with Gasteiger partial charge in [-0.05, 0) is 51.0 Å². The number of nitrogens with one attached hydrogen (secondary N) is 1. The van der Waals surface area contributed by atoms with Crippen LogP contribution >= 0.6 is 11.8 Å². The summed E-state index contributed by atoms with van der Waals surface area (Å²) in [6.07, 6.45) is 5.66. The first-order chi connectivity index (χ1) is 9.50. The van der Waals surface area contributed by atoms with Crippen LogP contribution in [-0.4, -0.2) is 33.4 Å². The molecule has 0 spiro atoms. The number of hydrogen-bond donors (Lipinski definition) is 2. The largest absolute Gasteiger partial charge is 0.480 e. The van der Waals surface area contributed by atoms with Crippen LogP contribution in [0.1, 0.15) is 40.0 Å². The second-order valence-electron chi connectivity index (χ2n) is 5.17. The first-order valence-electron chi connectivity index (χ1n) is 7.04. The molecule has 0 aliphatic rings. The molecule has 1 unspecified atom stereocenters. The lowest BCUT2D eigenvalue weighted by molar-refractivity contribution is -0.145. The smallest absolute Gasteiger partial charge is 0.323 e. The van der Waals surface area contributed by atoms with E-state index in [4.69, 9.17) is 0 Å². The molecule has 0 saturated heterocycles. The van der Waals surface area contributed by atoms with Gasteiger partial charge in [-0.1, -0.05) is 6.92 Å². The number of hydrogen-bond acceptors (Lipinski definition) is 4. The number of rotatable bonds is 9. The average molecular weight is 296 g/mol. The predicted molar refractivity (Wildman–Crippen MR) is 83.1 cm³/mol. The number of carboxylic acid groups (broad SMARTS) is 1. The predicted octanol–water partition coefficient (Wildman–Crippen LogP) is 3.19. The minimum atomic E-state index is -0.799. The number of thioether (sulfide) groups is 1. The third-order valence-corrected chi connectivity index (χ3v) is 4.34. The normalized spacial score (nSPS) is 14.2. The molecule has 4 nitrogen and oxygen atoms in total. The highest BCUT2D eigenvalue weighted by molar-refractivity contribution is 7.99. The van der Waals surface area contributed by atoms with E-state index in [1.807, 2.05) is 32.9 Å². The summed E-state index contributed by atoms with van der Waals surface area (Å²) in [5.74, 6) is 0.168. The number of aliphatic carboxylic acids is 1. The number of carboxylic acids is 1. The molecular formula is C15H24N2O2S. The summed E-state index contributed by atoms with van der Waals surface area (Å²) in [5.41, 5.74) is -0.799. The van der Waals surface area contributed by atoms with E-state index in [2.05, 4.69) is 10.3 Å². The summed E-state index contributed by atoms with van der Waals surface area (Å²) in [4.78, 5) is 16.7. The fraction of sp³-hybridized carbons (Fsp3) is 0.600. The molecule has 1 heterocycles. The number of pyridine rings is 1. The highest BCUT2D eigenvalue weighted by atomic mass is 32.2. The van der Waals surface area contributed by atoms with Crippen LogP contribution in [0.5, 0.6) is 0 Å². The van der Waals surface area contributed by atoms with Gasteiger partial charge >= 0.3 is 5.97 Å². The van der Waals surface area contributed by atoms with Crippen LogP contribution in [-0.2, 0) is 4.79 Å². The van der Waals surface area contributed by atoms with Gasteiger partial charge in [-0.3, -0.25) is 15.1 Å². The summed E-state index contributed by atoms with van der Waals surface area (Å²) in [6.45, 7) is 5.90. The first-order valence-corrected chi connectivity index (χ1v) is 8.02. The van der Waals surface area contributed by atoms with Crippen molar-refractivity contribution in [3.63, 3.8) is 0 Å². The Morgan fingerprint density at radius 1 is 1.45 bits per heavy atom. The minimum Gasteiger partial charge on any atom is -0.480 e. The molecule has 0 bridgehead atoms. The van der Waals surface area contributed by atoms with Gasteiger partial charge in [0.2, 0.25) is 0 Å². The maximum atomic E-state index is 11.6. The maximum Gasteiger partial charge on any atom is 0.323 e. The zero-order chi connectivity index (χ0) is 15.0. The van der Waals surface area contributed by atoms with Gasteiger partial charge < -0.3 is 5.11 Å². The summed E-state index contributed by atoms with van der Waals surface area (Å²) in [6, 6.07) is 4.11. The Labute approximate surface area is 125 Å². The van der Waals surface area contributed by atoms with E-state index in [9.17, 15) is 9.90 Å². The Morgan fingerprint density at radius 3 is 2.60 bits per heavy atom. The third kappa shape index (κ3) is 5.13. The first kappa shape index (κ1) is 17.0. The zero-order valence-corrected chi connectivity index (χ0v) is 13.2. The van der Waals surface area contributed by atoms with Crippen LogP contribution in [0.15, 0.2) is 29.4 Å². The lowest BCUT2D eigenvalue weighted by Gasteiger charge is -2.31. The summed E-state index contributed by atoms with van der Waals surface area (Å²) in [7, 11) is 0. The van der Waals surface area contributed by atoms with Gasteiger partial charge in [0.1, 0.15) is 5.54 Å². The van der Waals surface area contributed by atoms with Crippen molar-refractivity contribution < 1.29 is 9.90 Å². The average Bonchev–Trinajstić information content (AvgIpc) is 2.42. The molecule has 0 saturated carbocycles. The van der Waals surface area contributed by atoms with Gasteiger partial charge in [0.15, 0.2) is 0 Å². The van der Waals surface area contributed by atoms with Crippen LogP contribution in [0.2, 0.25) is 0 Å². The van der Waals surface area contributed by atoms with Gasteiger partial charge in [0.05, 0.1) is 0 Å². The molecular weight excluding hydrogens is 272 g/mol. The summed E-state index contributed by atoms with van der Waals surface area (Å²) in [5, 5.41) is 12.7. The number of nitrogens with zero attached hydrogens (tertiary/aromatic N) is 1. The van der Waals surface area contributed by atoms with E-state index >= 15 is 0 Å². The quantitative estimate of drug-likeness (QED) is 0.541. The Morgan fingerprint density at radius 2 is 2.10 bits per heavy atom. The highest BCUT2D eigenvalue weighted by Gasteiger charge is 2.36. The van der Waals surface area contributed by atoms with Crippen molar-refractivity contribution in [1.29, 1.82) is 0 Å². The molecule has 20 heavy (non-hydrogen) atoms. The Kier molecular flexibility index (Phi) is 7.02. The van der Waals surface area contributed by atoms with Crippen molar-refractivity contribution in [3.8, 4) is 0 Å². The Balaban J connectivity index is 2.48. The van der Waals surface area contributed by atoms with Crippen LogP contribution < -0.4 is 5.32 Å². The van der Waals surface area contributed by atoms with Crippen molar-refractivity contribution >= 4 is 17.7 Å². The van der Waals surface area contributed by atoms with Crippen LogP contribution in [0.25, 0.3) is 0 Å². The fourth-order valence-corrected chi connectivity index (χ4v) is 3.06. The molecule has 5 heteroatoms. The molecule has 2 N–H and O–H groups in total. The molecule has 1 aromatic rings. The Hall–Kier alpha value is -1.07. The third-order valence-electron chi connectivity index (χ3n) is 3.24. The highest BCUT2D eigenvalue weighted by Crippen LogP contribution is 2.23. The molecule has 0 radical (unpaired) electrons. The van der Waals surface area contributed by atoms with Gasteiger partial charge in [0.25, 0.3) is 0 Å². The van der Waals surface area contributed by atoms with E-state index in [-0.39, 0.29) is 6.04 Å². The van der Waals surface area contributed by atoms with E-state index in [1.165, 1.54) is 4.90 Å². The lowest BCUT2D eigenvalue weighted by atomic mass is 9.90. The summed E-state index contributed by atoms with van der Waals surface area (Å²) < 4.78 is 0. The summed E-state index contributed by atoms with van der Waals surface area (Å²) >= 11 is 1.74. The molecule has 1 atom stereocenters. The maximum absolute atomic E-state index is 11.6. The van der Waals surface area contributed by atoms with Crippen molar-refractivity contribution in [2.24, 2.45) is 0 Å². The van der Waals surface area contributed by atoms with Crippen molar-refractivity contribution in [1.82, 2.24) is 10.3 Å².